The number of alkyl halides is 2. The first kappa shape index (κ1) is 23.3. The minimum Gasteiger partial charge on any atom is -0.369 e. The second-order valence-corrected chi connectivity index (χ2v) is 9.87. The minimum absolute atomic E-state index is 0.0462. The van der Waals surface area contributed by atoms with Crippen molar-refractivity contribution in [2.75, 3.05) is 55.0 Å². The lowest BCUT2D eigenvalue weighted by Gasteiger charge is -2.27. The molecule has 0 radical (unpaired) electrons. The fourth-order valence-corrected chi connectivity index (χ4v) is 5.17. The van der Waals surface area contributed by atoms with Gasteiger partial charge in [0.2, 0.25) is 0 Å². The Morgan fingerprint density at radius 3 is 2.15 bits per heavy atom. The van der Waals surface area contributed by atoms with Crippen LogP contribution in [0, 0.1) is 17.0 Å². The Morgan fingerprint density at radius 1 is 1.12 bits per heavy atom. The summed E-state index contributed by atoms with van der Waals surface area (Å²) < 4.78 is 26.0. The number of benzene rings is 1. The van der Waals surface area contributed by atoms with Gasteiger partial charge in [-0.1, -0.05) is 31.9 Å². The Labute approximate surface area is 172 Å². The number of nitrogens with zero attached hydrogens (tertiary/aromatic N) is 3. The molecule has 0 saturated carbocycles. The molecule has 0 bridgehead atoms. The molecular weight excluding hydrogens is 490 g/mol. The molecule has 10 heteroatoms. The second-order valence-electron chi connectivity index (χ2n) is 6.21. The molecular formula is C16H25Br2N3O4S. The van der Waals surface area contributed by atoms with Gasteiger partial charge in [0, 0.05) is 35.9 Å². The number of rotatable bonds is 11. The molecule has 26 heavy (non-hydrogen) atoms. The summed E-state index contributed by atoms with van der Waals surface area (Å²) >= 11 is 6.78. The van der Waals surface area contributed by atoms with Crippen molar-refractivity contribution in [1.29, 1.82) is 0 Å². The van der Waals surface area contributed by atoms with Gasteiger partial charge < -0.3 is 9.80 Å². The van der Waals surface area contributed by atoms with E-state index in [0.29, 0.717) is 48.0 Å². The lowest BCUT2D eigenvalue weighted by molar-refractivity contribution is -0.385. The molecule has 0 heterocycles. The van der Waals surface area contributed by atoms with E-state index in [9.17, 15) is 18.5 Å². The molecule has 148 valence electrons. The molecule has 0 unspecified atom stereocenters. The number of nitro groups is 1. The average molecular weight is 515 g/mol. The monoisotopic (exact) mass is 513 g/mol. The van der Waals surface area contributed by atoms with Gasteiger partial charge in [-0.2, -0.15) is 0 Å². The summed E-state index contributed by atoms with van der Waals surface area (Å²) in [4.78, 5) is 14.6. The maximum Gasteiger partial charge on any atom is 0.271 e. The van der Waals surface area contributed by atoms with Gasteiger partial charge in [0.05, 0.1) is 21.3 Å². The van der Waals surface area contributed by atoms with Crippen molar-refractivity contribution in [3.8, 4) is 0 Å². The van der Waals surface area contributed by atoms with E-state index >= 15 is 0 Å². The van der Waals surface area contributed by atoms with Gasteiger partial charge in [-0.15, -0.1) is 0 Å². The summed E-state index contributed by atoms with van der Waals surface area (Å²) in [6.45, 7) is 3.56. The number of sulfone groups is 1. The third-order valence-corrected chi connectivity index (χ3v) is 6.36. The highest BCUT2D eigenvalue weighted by Gasteiger charge is 2.27. The minimum atomic E-state index is -3.65. The van der Waals surface area contributed by atoms with Crippen molar-refractivity contribution in [1.82, 2.24) is 4.90 Å². The highest BCUT2D eigenvalue weighted by molar-refractivity contribution is 9.09. The highest BCUT2D eigenvalue weighted by atomic mass is 79.9. The van der Waals surface area contributed by atoms with E-state index in [1.54, 1.807) is 6.92 Å². The van der Waals surface area contributed by atoms with Crippen LogP contribution in [0.5, 0.6) is 0 Å². The smallest absolute Gasteiger partial charge is 0.271 e. The maximum absolute atomic E-state index is 13.0. The molecule has 0 saturated heterocycles. The predicted molar refractivity (Wildman–Crippen MR) is 113 cm³/mol. The molecule has 1 rings (SSSR count). The number of hydrogen-bond acceptors (Lipinski definition) is 6. The fraction of sp³-hybridized carbons (Fsp3) is 0.625. The SMILES string of the molecule is Cc1cc([N+](=O)[O-])cc(S(=O)(=O)CCCN(C)C)c1N(CCBr)CCBr. The molecule has 0 amide bonds. The van der Waals surface area contributed by atoms with Crippen LogP contribution in [0.2, 0.25) is 0 Å². The topological polar surface area (TPSA) is 83.8 Å². The van der Waals surface area contributed by atoms with Crippen LogP contribution in [0.1, 0.15) is 12.0 Å². The van der Waals surface area contributed by atoms with Gasteiger partial charge in [-0.25, -0.2) is 8.42 Å². The Morgan fingerprint density at radius 2 is 1.69 bits per heavy atom. The standard InChI is InChI=1S/C16H25Br2N3O4S/c1-13-11-14(21(22)23)12-15(16(13)20(8-5-17)9-6-18)26(24,25)10-4-7-19(2)3/h11-12H,4-10H2,1-3H3. The quantitative estimate of drug-likeness (QED) is 0.256. The van der Waals surface area contributed by atoms with Crippen LogP contribution in [-0.2, 0) is 9.84 Å². The van der Waals surface area contributed by atoms with Gasteiger partial charge >= 0.3 is 0 Å². The maximum atomic E-state index is 13.0. The number of halogens is 2. The second kappa shape index (κ2) is 10.6. The van der Waals surface area contributed by atoms with Crippen LogP contribution < -0.4 is 4.90 Å². The molecule has 0 aliphatic rings. The molecule has 7 nitrogen and oxygen atoms in total. The third kappa shape index (κ3) is 6.47. The van der Waals surface area contributed by atoms with Gasteiger partial charge in [0.1, 0.15) is 0 Å². The number of aryl methyl sites for hydroxylation is 1. The van der Waals surface area contributed by atoms with Crippen molar-refractivity contribution in [2.24, 2.45) is 0 Å². The summed E-state index contributed by atoms with van der Waals surface area (Å²) in [7, 11) is 0.106. The van der Waals surface area contributed by atoms with Crippen molar-refractivity contribution >= 4 is 53.1 Å². The van der Waals surface area contributed by atoms with Crippen LogP contribution in [-0.4, -0.2) is 68.4 Å². The van der Waals surface area contributed by atoms with E-state index < -0.39 is 14.8 Å². The van der Waals surface area contributed by atoms with E-state index in [1.807, 2.05) is 23.9 Å². The van der Waals surface area contributed by atoms with E-state index in [1.165, 1.54) is 12.1 Å². The Kier molecular flexibility index (Phi) is 9.49. The molecule has 0 aliphatic heterocycles. The molecule has 1 aromatic rings. The third-order valence-electron chi connectivity index (χ3n) is 3.84. The zero-order valence-corrected chi connectivity index (χ0v) is 19.2. The number of non-ortho nitro benzene ring substituents is 1. The van der Waals surface area contributed by atoms with Crippen molar-refractivity contribution < 1.29 is 13.3 Å². The van der Waals surface area contributed by atoms with Crippen LogP contribution in [0.25, 0.3) is 0 Å². The zero-order chi connectivity index (χ0) is 19.9. The molecule has 0 aliphatic carbocycles. The van der Waals surface area contributed by atoms with Crippen LogP contribution in [0.4, 0.5) is 11.4 Å². The van der Waals surface area contributed by atoms with Gasteiger partial charge in [0.25, 0.3) is 5.69 Å². The highest BCUT2D eigenvalue weighted by Crippen LogP contribution is 2.34. The van der Waals surface area contributed by atoms with Crippen molar-refractivity contribution in [2.45, 2.75) is 18.2 Å². The van der Waals surface area contributed by atoms with E-state index in [2.05, 4.69) is 31.9 Å². The molecule has 0 spiro atoms. The summed E-state index contributed by atoms with van der Waals surface area (Å²) in [5.41, 5.74) is 0.946. The van der Waals surface area contributed by atoms with Gasteiger partial charge in [0.15, 0.2) is 9.84 Å². The van der Waals surface area contributed by atoms with Crippen molar-refractivity contribution in [3.05, 3.63) is 27.8 Å². The first-order chi connectivity index (χ1) is 12.1. The predicted octanol–water partition coefficient (Wildman–Crippen LogP) is 3.22. The lowest BCUT2D eigenvalue weighted by Crippen LogP contribution is -2.30. The molecule has 0 N–H and O–H groups in total. The summed E-state index contributed by atoms with van der Waals surface area (Å²) in [5.74, 6) is -0.0464. The zero-order valence-electron chi connectivity index (χ0n) is 15.2. The van der Waals surface area contributed by atoms with Gasteiger partial charge in [-0.05, 0) is 39.5 Å². The van der Waals surface area contributed by atoms with Crippen LogP contribution in [0.15, 0.2) is 17.0 Å². The summed E-state index contributed by atoms with van der Waals surface area (Å²) in [6.07, 6.45) is 0.466. The van der Waals surface area contributed by atoms with Crippen LogP contribution in [0.3, 0.4) is 0 Å². The number of nitro benzene ring substituents is 1. The fourth-order valence-electron chi connectivity index (χ4n) is 2.70. The van der Waals surface area contributed by atoms with Gasteiger partial charge in [-0.3, -0.25) is 10.1 Å². The molecule has 1 aromatic carbocycles. The largest absolute Gasteiger partial charge is 0.369 e. The first-order valence-corrected chi connectivity index (χ1v) is 12.1. The van der Waals surface area contributed by atoms with Crippen molar-refractivity contribution in [3.63, 3.8) is 0 Å². The van der Waals surface area contributed by atoms with E-state index in [4.69, 9.17) is 0 Å². The Bertz CT molecular complexity index is 720. The molecule has 0 atom stereocenters. The van der Waals surface area contributed by atoms with E-state index in [0.717, 1.165) is 0 Å². The number of hydrogen-bond donors (Lipinski definition) is 0. The van der Waals surface area contributed by atoms with E-state index in [-0.39, 0.29) is 16.3 Å². The Balaban J connectivity index is 3.46. The molecule has 0 aromatic heterocycles. The van der Waals surface area contributed by atoms with Crippen LogP contribution >= 0.6 is 31.9 Å². The normalized spacial score (nSPS) is 11.8. The first-order valence-electron chi connectivity index (χ1n) is 8.17. The summed E-state index contributed by atoms with van der Waals surface area (Å²) in [6, 6.07) is 2.63. The lowest BCUT2D eigenvalue weighted by atomic mass is 10.1. The average Bonchev–Trinajstić information content (AvgIpc) is 2.53. The summed E-state index contributed by atoms with van der Waals surface area (Å²) in [5, 5.41) is 12.6. The Hall–Kier alpha value is -0.710. The molecule has 0 fully saturated rings. The number of anilines is 1.